The van der Waals surface area contributed by atoms with Gasteiger partial charge in [-0.3, -0.25) is 4.98 Å². The predicted molar refractivity (Wildman–Crippen MR) is 222 cm³/mol. The Hall–Kier alpha value is -6.26. The number of phenolic OH excluding ortho intramolecular Hbond substituents is 1. The lowest BCUT2D eigenvalue weighted by atomic mass is 9.83. The summed E-state index contributed by atoms with van der Waals surface area (Å²) in [5, 5.41) is 12.0. The van der Waals surface area contributed by atoms with Gasteiger partial charge in [-0.2, -0.15) is 0 Å². The molecule has 0 amide bonds. The number of phenols is 1. The van der Waals surface area contributed by atoms with Crippen LogP contribution >= 0.6 is 0 Å². The van der Waals surface area contributed by atoms with Crippen LogP contribution in [0, 0.1) is 0 Å². The Morgan fingerprint density at radius 2 is 1.20 bits per heavy atom. The summed E-state index contributed by atoms with van der Waals surface area (Å²) in [6.07, 6.45) is 1.89. The number of aromatic hydroxyl groups is 1. The van der Waals surface area contributed by atoms with Crippen molar-refractivity contribution in [2.24, 2.45) is 0 Å². The SMILES string of the molecule is CC(c1ccccc1)c1cc(-c2nc3c(-c4cc(-c5cc(-c6ccccc6)ccn5)cc(C(C)(C)C)c4)cccc3o2)c(O)c(C(C)c2ccccc2)c1. The number of oxazole rings is 1. The van der Waals surface area contributed by atoms with Crippen molar-refractivity contribution in [3.63, 3.8) is 0 Å². The Balaban J connectivity index is 1.27. The fourth-order valence-corrected chi connectivity index (χ4v) is 7.34. The number of para-hydroxylation sites is 1. The minimum atomic E-state index is -0.113. The summed E-state index contributed by atoms with van der Waals surface area (Å²) in [4.78, 5) is 10.0. The minimum Gasteiger partial charge on any atom is -0.507 e. The van der Waals surface area contributed by atoms with Crippen LogP contribution < -0.4 is 0 Å². The van der Waals surface area contributed by atoms with E-state index in [1.807, 2.05) is 54.7 Å². The van der Waals surface area contributed by atoms with E-state index in [0.29, 0.717) is 17.0 Å². The first-order valence-electron chi connectivity index (χ1n) is 18.7. The van der Waals surface area contributed by atoms with E-state index in [-0.39, 0.29) is 23.0 Å². The smallest absolute Gasteiger partial charge is 0.231 e. The highest BCUT2D eigenvalue weighted by molar-refractivity contribution is 5.93. The molecule has 6 aromatic carbocycles. The molecule has 0 aliphatic rings. The zero-order chi connectivity index (χ0) is 37.4. The van der Waals surface area contributed by atoms with Crippen molar-refractivity contribution in [3.8, 4) is 50.7 Å². The summed E-state index contributed by atoms with van der Waals surface area (Å²) in [6.45, 7) is 11.0. The molecule has 1 N–H and O–H groups in total. The molecule has 8 aromatic rings. The second-order valence-corrected chi connectivity index (χ2v) is 15.3. The molecule has 0 radical (unpaired) electrons. The van der Waals surface area contributed by atoms with Gasteiger partial charge < -0.3 is 9.52 Å². The first kappa shape index (κ1) is 34.8. The van der Waals surface area contributed by atoms with Gasteiger partial charge in [0.2, 0.25) is 5.89 Å². The number of nitrogens with zero attached hydrogens (tertiary/aromatic N) is 2. The summed E-state index contributed by atoms with van der Waals surface area (Å²) < 4.78 is 6.57. The molecule has 0 saturated carbocycles. The van der Waals surface area contributed by atoms with Gasteiger partial charge in [-0.1, -0.05) is 150 Å². The molecule has 0 fully saturated rings. The number of rotatable bonds is 8. The van der Waals surface area contributed by atoms with E-state index in [1.54, 1.807) is 0 Å². The highest BCUT2D eigenvalue weighted by Crippen LogP contribution is 2.44. The number of hydrogen-bond acceptors (Lipinski definition) is 4. The van der Waals surface area contributed by atoms with Crippen LogP contribution in [0.3, 0.4) is 0 Å². The van der Waals surface area contributed by atoms with Gasteiger partial charge in [-0.05, 0) is 80.8 Å². The Kier molecular flexibility index (Phi) is 9.21. The molecule has 0 spiro atoms. The number of hydrogen-bond donors (Lipinski definition) is 1. The van der Waals surface area contributed by atoms with Gasteiger partial charge in [-0.15, -0.1) is 0 Å². The van der Waals surface area contributed by atoms with Crippen LogP contribution in [0.25, 0.3) is 56.1 Å². The van der Waals surface area contributed by atoms with E-state index in [9.17, 15) is 5.11 Å². The van der Waals surface area contributed by atoms with Crippen molar-refractivity contribution in [1.82, 2.24) is 9.97 Å². The minimum absolute atomic E-state index is 0.0552. The van der Waals surface area contributed by atoms with Crippen molar-refractivity contribution in [3.05, 3.63) is 186 Å². The van der Waals surface area contributed by atoms with Gasteiger partial charge in [0.1, 0.15) is 11.3 Å². The number of benzene rings is 6. The van der Waals surface area contributed by atoms with Crippen LogP contribution in [0.4, 0.5) is 0 Å². The zero-order valence-corrected chi connectivity index (χ0v) is 31.4. The van der Waals surface area contributed by atoms with Crippen LogP contribution in [0.15, 0.2) is 162 Å². The Morgan fingerprint density at radius 3 is 1.89 bits per heavy atom. The van der Waals surface area contributed by atoms with Crippen LogP contribution in [0.1, 0.15) is 74.3 Å². The van der Waals surface area contributed by atoms with E-state index in [0.717, 1.165) is 55.7 Å². The summed E-state index contributed by atoms with van der Waals surface area (Å²) >= 11 is 0. The highest BCUT2D eigenvalue weighted by Gasteiger charge is 2.25. The molecular formula is C50H44N2O2. The van der Waals surface area contributed by atoms with Gasteiger partial charge in [0.25, 0.3) is 0 Å². The number of aromatic nitrogens is 2. The van der Waals surface area contributed by atoms with Gasteiger partial charge >= 0.3 is 0 Å². The van der Waals surface area contributed by atoms with E-state index in [4.69, 9.17) is 14.4 Å². The van der Waals surface area contributed by atoms with Crippen LogP contribution in [-0.2, 0) is 5.41 Å². The van der Waals surface area contributed by atoms with E-state index in [2.05, 4.69) is 138 Å². The zero-order valence-electron chi connectivity index (χ0n) is 31.4. The maximum atomic E-state index is 12.0. The molecule has 0 aliphatic carbocycles. The third kappa shape index (κ3) is 6.83. The first-order valence-corrected chi connectivity index (χ1v) is 18.7. The van der Waals surface area contributed by atoms with Gasteiger partial charge in [-0.25, -0.2) is 4.98 Å². The van der Waals surface area contributed by atoms with Gasteiger partial charge in [0.15, 0.2) is 5.58 Å². The summed E-state index contributed by atoms with van der Waals surface area (Å²) in [7, 11) is 0. The Morgan fingerprint density at radius 1 is 0.556 bits per heavy atom. The van der Waals surface area contributed by atoms with Crippen molar-refractivity contribution >= 4 is 11.1 Å². The quantitative estimate of drug-likeness (QED) is 0.171. The normalized spacial score (nSPS) is 12.8. The van der Waals surface area contributed by atoms with E-state index >= 15 is 0 Å². The molecule has 4 nitrogen and oxygen atoms in total. The molecule has 0 bridgehead atoms. The third-order valence-corrected chi connectivity index (χ3v) is 10.6. The molecule has 0 saturated heterocycles. The number of pyridine rings is 1. The predicted octanol–water partition coefficient (Wildman–Crippen LogP) is 13.2. The highest BCUT2D eigenvalue weighted by atomic mass is 16.3. The molecular weight excluding hydrogens is 661 g/mol. The average molecular weight is 705 g/mol. The van der Waals surface area contributed by atoms with Crippen molar-refractivity contribution in [2.75, 3.05) is 0 Å². The second kappa shape index (κ2) is 14.3. The Labute approximate surface area is 317 Å². The Bertz CT molecular complexity index is 2570. The molecule has 0 aliphatic heterocycles. The monoisotopic (exact) mass is 704 g/mol. The molecule has 4 heteroatoms. The largest absolute Gasteiger partial charge is 0.507 e. The molecule has 2 atom stereocenters. The molecule has 54 heavy (non-hydrogen) atoms. The fourth-order valence-electron chi connectivity index (χ4n) is 7.34. The fraction of sp³-hybridized carbons (Fsp3) is 0.160. The van der Waals surface area contributed by atoms with Crippen LogP contribution in [0.5, 0.6) is 5.75 Å². The van der Waals surface area contributed by atoms with Crippen LogP contribution in [-0.4, -0.2) is 15.1 Å². The lowest BCUT2D eigenvalue weighted by molar-refractivity contribution is 0.464. The molecule has 8 rings (SSSR count). The second-order valence-electron chi connectivity index (χ2n) is 15.3. The first-order chi connectivity index (χ1) is 26.1. The lowest BCUT2D eigenvalue weighted by Crippen LogP contribution is -2.11. The summed E-state index contributed by atoms with van der Waals surface area (Å²) in [5.74, 6) is 0.605. The maximum absolute atomic E-state index is 12.0. The van der Waals surface area contributed by atoms with Gasteiger partial charge in [0, 0.05) is 34.7 Å². The standard InChI is InChI=1S/C50H44N2O2/c1-32(34-16-9-6-10-17-34)38-29-43(33(2)35-18-11-7-12-19-35)48(53)44(30-38)49-52-47-42(22-15-23-46(47)54-49)39-26-40(28-41(27-39)50(3,4)5)45-31-37(24-25-51-45)36-20-13-8-14-21-36/h6-33,53H,1-5H3. The molecule has 2 heterocycles. The average Bonchev–Trinajstić information content (AvgIpc) is 3.65. The summed E-state index contributed by atoms with van der Waals surface area (Å²) in [5.41, 5.74) is 13.5. The van der Waals surface area contributed by atoms with Crippen molar-refractivity contribution in [1.29, 1.82) is 0 Å². The van der Waals surface area contributed by atoms with Crippen molar-refractivity contribution < 1.29 is 9.52 Å². The van der Waals surface area contributed by atoms with Gasteiger partial charge in [0.05, 0.1) is 11.3 Å². The molecule has 266 valence electrons. The maximum Gasteiger partial charge on any atom is 0.231 e. The van der Waals surface area contributed by atoms with E-state index < -0.39 is 0 Å². The molecule has 2 unspecified atom stereocenters. The van der Waals surface area contributed by atoms with E-state index in [1.165, 1.54) is 11.1 Å². The molecule has 2 aromatic heterocycles. The summed E-state index contributed by atoms with van der Waals surface area (Å²) in [6, 6.07) is 52.4. The van der Waals surface area contributed by atoms with Crippen molar-refractivity contribution in [2.45, 2.75) is 51.9 Å². The number of fused-ring (bicyclic) bond motifs is 1. The topological polar surface area (TPSA) is 59.2 Å². The lowest BCUT2D eigenvalue weighted by Gasteiger charge is -2.21. The third-order valence-electron chi connectivity index (χ3n) is 10.6. The van der Waals surface area contributed by atoms with Crippen LogP contribution in [0.2, 0.25) is 0 Å².